The summed E-state index contributed by atoms with van der Waals surface area (Å²) in [7, 11) is 0. The SMILES string of the molecule is C.C.C.CC(N)COCCOC(C)COCC(C)N. The van der Waals surface area contributed by atoms with Crippen molar-refractivity contribution in [2.75, 3.05) is 33.0 Å². The molecule has 0 rings (SSSR count). The predicted octanol–water partition coefficient (Wildman–Crippen LogP) is 2.03. The van der Waals surface area contributed by atoms with Crippen LogP contribution in [0.1, 0.15) is 43.1 Å². The Kier molecular flexibility index (Phi) is 25.5. The molecule has 0 aliphatic rings. The van der Waals surface area contributed by atoms with Gasteiger partial charge in [-0.05, 0) is 20.8 Å². The van der Waals surface area contributed by atoms with Gasteiger partial charge in [0.25, 0.3) is 0 Å². The Morgan fingerprint density at radius 3 is 1.68 bits per heavy atom. The quantitative estimate of drug-likeness (QED) is 0.599. The molecule has 0 amide bonds. The van der Waals surface area contributed by atoms with Crippen LogP contribution in [0.15, 0.2) is 0 Å². The zero-order valence-corrected chi connectivity index (χ0v) is 10.6. The van der Waals surface area contributed by atoms with E-state index in [-0.39, 0.29) is 40.5 Å². The van der Waals surface area contributed by atoms with Gasteiger partial charge in [-0.2, -0.15) is 0 Å². The van der Waals surface area contributed by atoms with Crippen LogP contribution < -0.4 is 11.5 Å². The van der Waals surface area contributed by atoms with E-state index < -0.39 is 0 Å². The van der Waals surface area contributed by atoms with Gasteiger partial charge in [0.1, 0.15) is 0 Å². The summed E-state index contributed by atoms with van der Waals surface area (Å²) in [6.45, 7) is 8.61. The Morgan fingerprint density at radius 2 is 1.21 bits per heavy atom. The monoisotopic (exact) mass is 282 g/mol. The third kappa shape index (κ3) is 23.3. The molecule has 0 radical (unpaired) electrons. The molecule has 19 heavy (non-hydrogen) atoms. The van der Waals surface area contributed by atoms with Crippen molar-refractivity contribution in [3.8, 4) is 0 Å². The first kappa shape index (κ1) is 27.2. The van der Waals surface area contributed by atoms with E-state index in [4.69, 9.17) is 25.7 Å². The number of hydrogen-bond donors (Lipinski definition) is 2. The van der Waals surface area contributed by atoms with E-state index in [2.05, 4.69) is 0 Å². The Morgan fingerprint density at radius 1 is 0.737 bits per heavy atom. The summed E-state index contributed by atoms with van der Waals surface area (Å²) in [5.74, 6) is 0. The zero-order chi connectivity index (χ0) is 12.4. The molecule has 0 aliphatic carbocycles. The van der Waals surface area contributed by atoms with Crippen LogP contribution >= 0.6 is 0 Å². The van der Waals surface area contributed by atoms with Crippen molar-refractivity contribution in [1.82, 2.24) is 0 Å². The van der Waals surface area contributed by atoms with Crippen molar-refractivity contribution in [2.45, 2.75) is 61.2 Å². The topological polar surface area (TPSA) is 79.7 Å². The van der Waals surface area contributed by atoms with Crippen LogP contribution in [0.4, 0.5) is 0 Å². The molecule has 0 aromatic carbocycles. The van der Waals surface area contributed by atoms with E-state index >= 15 is 0 Å². The average molecular weight is 282 g/mol. The summed E-state index contributed by atoms with van der Waals surface area (Å²) in [6.07, 6.45) is 0.0673. The third-order valence-electron chi connectivity index (χ3n) is 1.74. The molecule has 0 heterocycles. The minimum Gasteiger partial charge on any atom is -0.377 e. The fraction of sp³-hybridized carbons (Fsp3) is 1.00. The lowest BCUT2D eigenvalue weighted by Crippen LogP contribution is -2.26. The van der Waals surface area contributed by atoms with Crippen LogP contribution in [0, 0.1) is 0 Å². The van der Waals surface area contributed by atoms with E-state index in [0.29, 0.717) is 33.0 Å². The van der Waals surface area contributed by atoms with Gasteiger partial charge in [0.05, 0.1) is 39.1 Å². The van der Waals surface area contributed by atoms with Crippen molar-refractivity contribution < 1.29 is 14.2 Å². The largest absolute Gasteiger partial charge is 0.377 e. The number of nitrogens with two attached hydrogens (primary N) is 2. The molecule has 0 aromatic heterocycles. The molecule has 0 saturated heterocycles. The maximum atomic E-state index is 5.55. The highest BCUT2D eigenvalue weighted by atomic mass is 16.5. The predicted molar refractivity (Wildman–Crippen MR) is 84.5 cm³/mol. The summed E-state index contributed by atoms with van der Waals surface area (Å²) >= 11 is 0. The highest BCUT2D eigenvalue weighted by Gasteiger charge is 2.03. The summed E-state index contributed by atoms with van der Waals surface area (Å²) in [6, 6.07) is 0.147. The molecular weight excluding hydrogens is 244 g/mol. The van der Waals surface area contributed by atoms with Gasteiger partial charge in [-0.3, -0.25) is 0 Å². The highest BCUT2D eigenvalue weighted by molar-refractivity contribution is 4.52. The molecule has 5 heteroatoms. The molecule has 0 fully saturated rings. The van der Waals surface area contributed by atoms with Gasteiger partial charge in [0, 0.05) is 12.1 Å². The fourth-order valence-corrected chi connectivity index (χ4v) is 1.05. The van der Waals surface area contributed by atoms with Gasteiger partial charge in [0.2, 0.25) is 0 Å². The highest BCUT2D eigenvalue weighted by Crippen LogP contribution is 1.93. The molecule has 0 saturated carbocycles. The van der Waals surface area contributed by atoms with Crippen LogP contribution in [0.2, 0.25) is 0 Å². The normalized spacial score (nSPS) is 14.4. The second-order valence-corrected chi connectivity index (χ2v) is 4.25. The molecule has 0 spiro atoms. The van der Waals surface area contributed by atoms with E-state index in [1.54, 1.807) is 0 Å². The molecule has 3 atom stereocenters. The van der Waals surface area contributed by atoms with E-state index in [1.165, 1.54) is 0 Å². The van der Waals surface area contributed by atoms with Gasteiger partial charge in [-0.25, -0.2) is 0 Å². The minimum absolute atomic E-state index is 0. The molecule has 0 aliphatic heterocycles. The lowest BCUT2D eigenvalue weighted by molar-refractivity contribution is -0.0319. The molecule has 3 unspecified atom stereocenters. The van der Waals surface area contributed by atoms with Gasteiger partial charge in [0.15, 0.2) is 0 Å². The summed E-state index contributed by atoms with van der Waals surface area (Å²) < 4.78 is 16.1. The van der Waals surface area contributed by atoms with Crippen LogP contribution in [-0.4, -0.2) is 51.2 Å². The first-order valence-corrected chi connectivity index (χ1v) is 5.80. The zero-order valence-electron chi connectivity index (χ0n) is 10.6. The Bertz CT molecular complexity index is 156. The average Bonchev–Trinajstić information content (AvgIpc) is 2.16. The summed E-state index contributed by atoms with van der Waals surface area (Å²) in [5, 5.41) is 0. The third-order valence-corrected chi connectivity index (χ3v) is 1.74. The Hall–Kier alpha value is -0.200. The molecule has 0 aromatic rings. The van der Waals surface area contributed by atoms with Crippen molar-refractivity contribution >= 4 is 0 Å². The Labute approximate surface area is 121 Å². The minimum atomic E-state index is 0. The van der Waals surface area contributed by atoms with E-state index in [9.17, 15) is 0 Å². The van der Waals surface area contributed by atoms with Crippen molar-refractivity contribution in [1.29, 1.82) is 0 Å². The number of ether oxygens (including phenoxy) is 3. The molecular formula is C14H38N2O3. The van der Waals surface area contributed by atoms with Crippen LogP contribution in [0.25, 0.3) is 0 Å². The van der Waals surface area contributed by atoms with Crippen LogP contribution in [-0.2, 0) is 14.2 Å². The lowest BCUT2D eigenvalue weighted by Gasteiger charge is -2.14. The maximum Gasteiger partial charge on any atom is 0.0781 e. The van der Waals surface area contributed by atoms with Gasteiger partial charge < -0.3 is 25.7 Å². The molecule has 5 nitrogen and oxygen atoms in total. The number of hydrogen-bond acceptors (Lipinski definition) is 5. The molecule has 0 bridgehead atoms. The standard InChI is InChI=1S/C11H26N2O3.3CH4/c1-9(12)6-14-4-5-16-11(3)8-15-7-10(2)13;;;/h9-11H,4-8,12-13H2,1-3H3;3*1H4. The molecule has 122 valence electrons. The van der Waals surface area contributed by atoms with Crippen LogP contribution in [0.3, 0.4) is 0 Å². The fourth-order valence-electron chi connectivity index (χ4n) is 1.05. The van der Waals surface area contributed by atoms with E-state index in [1.807, 2.05) is 20.8 Å². The lowest BCUT2D eigenvalue weighted by atomic mass is 10.4. The second-order valence-electron chi connectivity index (χ2n) is 4.25. The Balaban J connectivity index is -0.000000375. The van der Waals surface area contributed by atoms with E-state index in [0.717, 1.165) is 0 Å². The smallest absolute Gasteiger partial charge is 0.0781 e. The first-order valence-electron chi connectivity index (χ1n) is 5.80. The van der Waals surface area contributed by atoms with Gasteiger partial charge in [-0.1, -0.05) is 22.3 Å². The second kappa shape index (κ2) is 17.8. The summed E-state index contributed by atoms with van der Waals surface area (Å²) in [5.41, 5.74) is 11.1. The van der Waals surface area contributed by atoms with Crippen molar-refractivity contribution in [3.05, 3.63) is 0 Å². The van der Waals surface area contributed by atoms with Gasteiger partial charge in [-0.15, -0.1) is 0 Å². The van der Waals surface area contributed by atoms with Gasteiger partial charge >= 0.3 is 0 Å². The van der Waals surface area contributed by atoms with Crippen molar-refractivity contribution in [2.24, 2.45) is 11.5 Å². The number of rotatable bonds is 10. The maximum absolute atomic E-state index is 5.55. The summed E-state index contributed by atoms with van der Waals surface area (Å²) in [4.78, 5) is 0. The molecule has 4 N–H and O–H groups in total. The van der Waals surface area contributed by atoms with Crippen molar-refractivity contribution in [3.63, 3.8) is 0 Å². The first-order chi connectivity index (χ1) is 7.52. The van der Waals surface area contributed by atoms with Crippen LogP contribution in [0.5, 0.6) is 0 Å².